The summed E-state index contributed by atoms with van der Waals surface area (Å²) in [5.74, 6) is 0.287. The smallest absolute Gasteiger partial charge is 0.283 e. The van der Waals surface area contributed by atoms with Crippen LogP contribution in [0.3, 0.4) is 0 Å². The monoisotopic (exact) mass is 418 g/mol. The minimum absolute atomic E-state index is 0.0771. The molecule has 0 radical (unpaired) electrons. The largest absolute Gasteiger partial charge is 0.485 e. The number of hydrazine groups is 1. The Bertz CT molecular complexity index is 838. The molecule has 0 spiro atoms. The second kappa shape index (κ2) is 7.37. The van der Waals surface area contributed by atoms with Crippen molar-refractivity contribution in [1.29, 1.82) is 0 Å². The molecule has 3 rings (SSSR count). The Balaban J connectivity index is 1.60. The van der Waals surface area contributed by atoms with E-state index in [0.29, 0.717) is 11.5 Å². The Morgan fingerprint density at radius 1 is 1.08 bits per heavy atom. The summed E-state index contributed by atoms with van der Waals surface area (Å²) >= 11 is 3.40. The molecular weight excluding hydrogens is 400 g/mol. The maximum absolute atomic E-state index is 12.5. The molecule has 26 heavy (non-hydrogen) atoms. The molecule has 136 valence electrons. The van der Waals surface area contributed by atoms with Crippen molar-refractivity contribution in [3.63, 3.8) is 0 Å². The molecular formula is C19H19BrN2O4. The molecule has 2 aromatic carbocycles. The number of carbonyl (C=O) groups excluding carboxylic acids is 2. The number of rotatable bonds is 3. The first-order valence-electron chi connectivity index (χ1n) is 8.13. The second-order valence-corrected chi connectivity index (χ2v) is 7.36. The highest BCUT2D eigenvalue weighted by molar-refractivity contribution is 9.10. The fourth-order valence-corrected chi connectivity index (χ4v) is 2.91. The maximum Gasteiger partial charge on any atom is 0.283 e. The van der Waals surface area contributed by atoms with Gasteiger partial charge >= 0.3 is 0 Å². The van der Waals surface area contributed by atoms with Crippen molar-refractivity contribution in [2.45, 2.75) is 25.4 Å². The average molecular weight is 419 g/mol. The fraction of sp³-hybridized carbons (Fsp3) is 0.263. The van der Waals surface area contributed by atoms with Gasteiger partial charge in [-0.3, -0.25) is 20.4 Å². The number of hydrogen-bond donors (Lipinski definition) is 2. The summed E-state index contributed by atoms with van der Waals surface area (Å²) in [5.41, 5.74) is 4.89. The third-order valence-corrected chi connectivity index (χ3v) is 4.71. The first-order valence-corrected chi connectivity index (χ1v) is 8.92. The van der Waals surface area contributed by atoms with E-state index in [9.17, 15) is 9.59 Å². The summed E-state index contributed by atoms with van der Waals surface area (Å²) in [4.78, 5) is 24.8. The summed E-state index contributed by atoms with van der Waals surface area (Å²) < 4.78 is 12.0. The highest BCUT2D eigenvalue weighted by atomic mass is 79.9. The summed E-state index contributed by atoms with van der Waals surface area (Å²) in [6.45, 7) is 3.65. The van der Waals surface area contributed by atoms with E-state index in [0.717, 1.165) is 10.0 Å². The molecule has 0 aliphatic carbocycles. The predicted octanol–water partition coefficient (Wildman–Crippen LogP) is 2.71. The van der Waals surface area contributed by atoms with Gasteiger partial charge in [-0.05, 0) is 43.7 Å². The summed E-state index contributed by atoms with van der Waals surface area (Å²) in [6.07, 6.45) is -0.834. The third kappa shape index (κ3) is 3.83. The normalized spacial score (nSPS) is 15.9. The van der Waals surface area contributed by atoms with Crippen LogP contribution in [0.25, 0.3) is 0 Å². The molecule has 7 heteroatoms. The Morgan fingerprint density at radius 2 is 1.81 bits per heavy atom. The summed E-state index contributed by atoms with van der Waals surface area (Å²) in [5, 5.41) is 0. The summed E-state index contributed by atoms with van der Waals surface area (Å²) in [7, 11) is 0. The number of carbonyl (C=O) groups is 2. The molecule has 1 aliphatic heterocycles. The van der Waals surface area contributed by atoms with Crippen molar-refractivity contribution in [1.82, 2.24) is 10.9 Å². The highest BCUT2D eigenvalue weighted by Gasteiger charge is 2.32. The van der Waals surface area contributed by atoms with Gasteiger partial charge in [0.2, 0.25) is 12.0 Å². The van der Waals surface area contributed by atoms with Gasteiger partial charge < -0.3 is 9.47 Å². The van der Waals surface area contributed by atoms with Gasteiger partial charge in [-0.25, -0.2) is 0 Å². The number of nitrogens with one attached hydrogen (secondary N) is 2. The number of fused-ring (bicyclic) bond motifs is 1. The molecule has 2 amide bonds. The molecule has 2 N–H and O–H groups in total. The van der Waals surface area contributed by atoms with Crippen LogP contribution in [0.5, 0.6) is 11.5 Å². The number of benzene rings is 2. The Hall–Kier alpha value is -2.54. The number of ether oxygens (including phenoxy) is 2. The summed E-state index contributed by atoms with van der Waals surface area (Å²) in [6, 6.07) is 14.6. The van der Waals surface area contributed by atoms with Crippen LogP contribution in [0.4, 0.5) is 0 Å². The first-order chi connectivity index (χ1) is 12.4. The number of hydrogen-bond acceptors (Lipinski definition) is 4. The van der Waals surface area contributed by atoms with Crippen molar-refractivity contribution in [2.24, 2.45) is 0 Å². The van der Waals surface area contributed by atoms with E-state index >= 15 is 0 Å². The van der Waals surface area contributed by atoms with Gasteiger partial charge in [0.25, 0.3) is 5.91 Å². The van der Waals surface area contributed by atoms with Crippen LogP contribution in [0.2, 0.25) is 0 Å². The Labute approximate surface area is 160 Å². The molecule has 1 aliphatic rings. The number of amides is 2. The maximum atomic E-state index is 12.5. The van der Waals surface area contributed by atoms with E-state index in [4.69, 9.17) is 9.47 Å². The lowest BCUT2D eigenvalue weighted by Gasteiger charge is -2.27. The van der Waals surface area contributed by atoms with Gasteiger partial charge in [-0.15, -0.1) is 0 Å². The Kier molecular flexibility index (Phi) is 5.18. The van der Waals surface area contributed by atoms with Crippen molar-refractivity contribution >= 4 is 27.7 Å². The molecule has 0 saturated heterocycles. The molecule has 1 atom stereocenters. The molecule has 0 fully saturated rings. The fourth-order valence-electron chi connectivity index (χ4n) is 2.51. The third-order valence-electron chi connectivity index (χ3n) is 4.21. The standard InChI is InChI=1S/C19H19BrN2O4/c1-19(2,12-6-5-7-13(20)10-12)18(24)22-21-17(23)16-11-25-14-8-3-4-9-15(14)26-16/h3-10,16H,11H2,1-2H3,(H,21,23)(H,22,24). The van der Waals surface area contributed by atoms with Crippen LogP contribution in [-0.2, 0) is 15.0 Å². The zero-order valence-electron chi connectivity index (χ0n) is 14.4. The molecule has 0 aromatic heterocycles. The van der Waals surface area contributed by atoms with E-state index < -0.39 is 17.4 Å². The van der Waals surface area contributed by atoms with Crippen LogP contribution >= 0.6 is 15.9 Å². The lowest BCUT2D eigenvalue weighted by molar-refractivity contribution is -0.136. The minimum Gasteiger partial charge on any atom is -0.485 e. The lowest BCUT2D eigenvalue weighted by Crippen LogP contribution is -2.54. The predicted molar refractivity (Wildman–Crippen MR) is 99.8 cm³/mol. The minimum atomic E-state index is -0.834. The van der Waals surface area contributed by atoms with Crippen LogP contribution in [-0.4, -0.2) is 24.5 Å². The van der Waals surface area contributed by atoms with Gasteiger partial charge in [0.15, 0.2) is 11.5 Å². The second-order valence-electron chi connectivity index (χ2n) is 6.44. The van der Waals surface area contributed by atoms with Gasteiger partial charge in [0.05, 0.1) is 5.41 Å². The quantitative estimate of drug-likeness (QED) is 0.751. The number of para-hydroxylation sites is 2. The van der Waals surface area contributed by atoms with E-state index in [-0.39, 0.29) is 12.5 Å². The SMILES string of the molecule is CC(C)(C(=O)NNC(=O)C1COc2ccccc2O1)c1cccc(Br)c1. The Morgan fingerprint density at radius 3 is 2.54 bits per heavy atom. The van der Waals surface area contributed by atoms with Crippen molar-refractivity contribution in [2.75, 3.05) is 6.61 Å². The molecule has 2 aromatic rings. The van der Waals surface area contributed by atoms with E-state index in [1.807, 2.05) is 30.3 Å². The van der Waals surface area contributed by atoms with Gasteiger partial charge in [-0.2, -0.15) is 0 Å². The molecule has 0 bridgehead atoms. The van der Waals surface area contributed by atoms with Crippen molar-refractivity contribution in [3.05, 3.63) is 58.6 Å². The van der Waals surface area contributed by atoms with Crippen LogP contribution in [0, 0.1) is 0 Å². The van der Waals surface area contributed by atoms with Crippen LogP contribution in [0.15, 0.2) is 53.0 Å². The topological polar surface area (TPSA) is 76.7 Å². The van der Waals surface area contributed by atoms with Gasteiger partial charge in [0.1, 0.15) is 6.61 Å². The zero-order chi connectivity index (χ0) is 18.7. The van der Waals surface area contributed by atoms with Crippen LogP contribution in [0.1, 0.15) is 19.4 Å². The molecule has 6 nitrogen and oxygen atoms in total. The van der Waals surface area contributed by atoms with Gasteiger partial charge in [0, 0.05) is 4.47 Å². The van der Waals surface area contributed by atoms with E-state index in [1.54, 1.807) is 32.0 Å². The average Bonchev–Trinajstić information content (AvgIpc) is 2.65. The zero-order valence-corrected chi connectivity index (χ0v) is 16.0. The molecule has 1 heterocycles. The molecule has 1 unspecified atom stereocenters. The van der Waals surface area contributed by atoms with Crippen molar-refractivity contribution < 1.29 is 19.1 Å². The van der Waals surface area contributed by atoms with Crippen LogP contribution < -0.4 is 20.3 Å². The first kappa shape index (κ1) is 18.3. The van der Waals surface area contributed by atoms with Gasteiger partial charge in [-0.1, -0.05) is 40.2 Å². The van der Waals surface area contributed by atoms with Crippen molar-refractivity contribution in [3.8, 4) is 11.5 Å². The number of halogens is 1. The molecule has 0 saturated carbocycles. The highest BCUT2D eigenvalue weighted by Crippen LogP contribution is 2.31. The van der Waals surface area contributed by atoms with E-state index in [2.05, 4.69) is 26.8 Å². The lowest BCUT2D eigenvalue weighted by atomic mass is 9.84. The van der Waals surface area contributed by atoms with E-state index in [1.165, 1.54) is 0 Å².